The third-order valence-corrected chi connectivity index (χ3v) is 6.43. The van der Waals surface area contributed by atoms with Crippen LogP contribution in [0.25, 0.3) is 0 Å². The zero-order valence-electron chi connectivity index (χ0n) is 15.3. The number of phosphoric acid groups is 1. The number of aromatic amines is 1. The molecular weight excluding hydrogens is 418 g/mol. The number of ether oxygens (including phenoxy) is 1. The first kappa shape index (κ1) is 22.9. The van der Waals surface area contributed by atoms with Gasteiger partial charge < -0.3 is 19.0 Å². The minimum Gasteiger partial charge on any atom is -0.377 e. The van der Waals surface area contributed by atoms with Gasteiger partial charge in [0.25, 0.3) is 5.56 Å². The van der Waals surface area contributed by atoms with Crippen LogP contribution in [0.1, 0.15) is 12.5 Å². The standard InChI is InChI=1S/C14H22N2O10P2/c1-23-13-10(16-6-4-11(17)15-14(16)18)8-9(5-7-27(19,20)24-2)12(13)26-28(21,22)25-3/h4-7,9-10,12-13H,8H2,1-3H3,(H,19,20)(H,21,22)(H,15,17,18)/b7-5+/t9-,10+,12+,13-/m0/s1. The van der Waals surface area contributed by atoms with Gasteiger partial charge in [-0.2, -0.15) is 0 Å². The lowest BCUT2D eigenvalue weighted by Gasteiger charge is -2.26. The maximum Gasteiger partial charge on any atom is 0.472 e. The van der Waals surface area contributed by atoms with E-state index in [1.807, 2.05) is 0 Å². The van der Waals surface area contributed by atoms with Crippen molar-refractivity contribution in [3.8, 4) is 0 Å². The van der Waals surface area contributed by atoms with Crippen molar-refractivity contribution in [2.45, 2.75) is 24.7 Å². The van der Waals surface area contributed by atoms with E-state index in [1.165, 1.54) is 23.9 Å². The summed E-state index contributed by atoms with van der Waals surface area (Å²) in [7, 11) is -5.08. The molecule has 158 valence electrons. The average molecular weight is 440 g/mol. The Kier molecular flexibility index (Phi) is 7.35. The van der Waals surface area contributed by atoms with Crippen molar-refractivity contribution in [2.24, 2.45) is 5.92 Å². The molecule has 0 aromatic carbocycles. The van der Waals surface area contributed by atoms with E-state index >= 15 is 0 Å². The molecule has 0 saturated heterocycles. The maximum atomic E-state index is 12.2. The van der Waals surface area contributed by atoms with Gasteiger partial charge in [-0.25, -0.2) is 9.36 Å². The number of H-pyrrole nitrogens is 1. The van der Waals surface area contributed by atoms with Crippen molar-refractivity contribution in [1.29, 1.82) is 0 Å². The highest BCUT2D eigenvalue weighted by Crippen LogP contribution is 2.51. The Labute approximate surface area is 159 Å². The van der Waals surface area contributed by atoms with Gasteiger partial charge in [0, 0.05) is 45.3 Å². The molecule has 2 rings (SSSR count). The minimum atomic E-state index is -4.44. The molecule has 1 fully saturated rings. The molecular formula is C14H22N2O10P2. The first-order valence-electron chi connectivity index (χ1n) is 8.02. The summed E-state index contributed by atoms with van der Waals surface area (Å²) in [5.74, 6) is 0.216. The predicted octanol–water partition coefficient (Wildman–Crippen LogP) is 0.590. The highest BCUT2D eigenvalue weighted by molar-refractivity contribution is 7.56. The Morgan fingerprint density at radius 1 is 1.18 bits per heavy atom. The fourth-order valence-electron chi connectivity index (χ4n) is 3.06. The van der Waals surface area contributed by atoms with E-state index in [0.29, 0.717) is 0 Å². The minimum absolute atomic E-state index is 0.138. The number of rotatable bonds is 8. The second-order valence-electron chi connectivity index (χ2n) is 5.99. The van der Waals surface area contributed by atoms with Crippen molar-refractivity contribution in [2.75, 3.05) is 21.3 Å². The fourth-order valence-corrected chi connectivity index (χ4v) is 4.29. The Bertz CT molecular complexity index is 925. The number of nitrogens with zero attached hydrogens (tertiary/aromatic N) is 1. The molecule has 1 saturated carbocycles. The molecule has 1 aliphatic rings. The van der Waals surface area contributed by atoms with Gasteiger partial charge in [0.05, 0.1) is 6.04 Å². The van der Waals surface area contributed by atoms with Crippen LogP contribution in [-0.2, 0) is 27.4 Å². The van der Waals surface area contributed by atoms with Crippen LogP contribution in [0.3, 0.4) is 0 Å². The number of methoxy groups -OCH3 is 1. The van der Waals surface area contributed by atoms with Crippen molar-refractivity contribution >= 4 is 15.4 Å². The Morgan fingerprint density at radius 2 is 1.86 bits per heavy atom. The molecule has 0 spiro atoms. The second kappa shape index (κ2) is 8.98. The average Bonchev–Trinajstić information content (AvgIpc) is 2.96. The zero-order chi connectivity index (χ0) is 21.1. The smallest absolute Gasteiger partial charge is 0.377 e. The van der Waals surface area contributed by atoms with E-state index in [-0.39, 0.29) is 6.42 Å². The van der Waals surface area contributed by atoms with Gasteiger partial charge in [-0.3, -0.25) is 28.0 Å². The molecule has 6 atom stereocenters. The summed E-state index contributed by atoms with van der Waals surface area (Å²) in [4.78, 5) is 44.9. The van der Waals surface area contributed by atoms with Gasteiger partial charge in [-0.05, 0) is 6.42 Å². The van der Waals surface area contributed by atoms with E-state index in [9.17, 15) is 28.5 Å². The molecule has 12 nitrogen and oxygen atoms in total. The van der Waals surface area contributed by atoms with Crippen LogP contribution in [0.15, 0.2) is 33.7 Å². The third-order valence-electron chi connectivity index (χ3n) is 4.39. The van der Waals surface area contributed by atoms with Crippen LogP contribution in [0.4, 0.5) is 0 Å². The summed E-state index contributed by atoms with van der Waals surface area (Å²) in [6, 6.07) is 0.443. The summed E-state index contributed by atoms with van der Waals surface area (Å²) in [6.45, 7) is 0. The van der Waals surface area contributed by atoms with Crippen molar-refractivity contribution in [3.05, 3.63) is 45.0 Å². The molecule has 0 bridgehead atoms. The third kappa shape index (κ3) is 5.37. The van der Waals surface area contributed by atoms with E-state index in [0.717, 1.165) is 26.1 Å². The number of hydrogen-bond acceptors (Lipinski definition) is 8. The quantitative estimate of drug-likeness (QED) is 0.487. The van der Waals surface area contributed by atoms with E-state index in [2.05, 4.69) is 14.0 Å². The topological polar surface area (TPSA) is 166 Å². The van der Waals surface area contributed by atoms with Crippen LogP contribution in [0.2, 0.25) is 0 Å². The van der Waals surface area contributed by atoms with Crippen LogP contribution < -0.4 is 11.2 Å². The molecule has 2 unspecified atom stereocenters. The van der Waals surface area contributed by atoms with Crippen LogP contribution >= 0.6 is 15.4 Å². The molecule has 14 heteroatoms. The van der Waals surface area contributed by atoms with E-state index in [1.54, 1.807) is 0 Å². The predicted molar refractivity (Wildman–Crippen MR) is 96.9 cm³/mol. The van der Waals surface area contributed by atoms with Crippen molar-refractivity contribution in [3.63, 3.8) is 0 Å². The lowest BCUT2D eigenvalue weighted by Crippen LogP contribution is -2.38. The maximum absolute atomic E-state index is 12.2. The molecule has 0 radical (unpaired) electrons. The summed E-state index contributed by atoms with van der Waals surface area (Å²) in [6.07, 6.45) is 0.696. The van der Waals surface area contributed by atoms with Gasteiger partial charge in [-0.1, -0.05) is 6.08 Å². The number of phosphoric ester groups is 1. The molecule has 1 heterocycles. The molecule has 0 aliphatic heterocycles. The molecule has 0 amide bonds. The normalized spacial score (nSPS) is 29.6. The van der Waals surface area contributed by atoms with Crippen LogP contribution in [0, 0.1) is 5.92 Å². The summed E-state index contributed by atoms with van der Waals surface area (Å²) in [5.41, 5.74) is -1.29. The lowest BCUT2D eigenvalue weighted by molar-refractivity contribution is -0.0198. The monoisotopic (exact) mass is 440 g/mol. The van der Waals surface area contributed by atoms with Gasteiger partial charge in [0.2, 0.25) is 0 Å². The SMILES string of the molecule is CO[C@@H]1[C@H](OP(=O)(O)OC)[C@@H](/C=C/P(=O)(O)OC)C[C@H]1n1ccc(=O)[nH]c1=O. The fraction of sp³-hybridized carbons (Fsp3) is 0.571. The Morgan fingerprint density at radius 3 is 2.39 bits per heavy atom. The van der Waals surface area contributed by atoms with Crippen LogP contribution in [-0.4, -0.2) is 52.9 Å². The number of nitrogens with one attached hydrogen (secondary N) is 1. The zero-order valence-corrected chi connectivity index (χ0v) is 17.1. The first-order chi connectivity index (χ1) is 13.0. The summed E-state index contributed by atoms with van der Waals surface area (Å²) >= 11 is 0. The Balaban J connectivity index is 2.46. The molecule has 1 aromatic heterocycles. The highest BCUT2D eigenvalue weighted by Gasteiger charge is 2.48. The summed E-state index contributed by atoms with van der Waals surface area (Å²) < 4.78 is 44.4. The van der Waals surface area contributed by atoms with Gasteiger partial charge in [-0.15, -0.1) is 0 Å². The van der Waals surface area contributed by atoms with Crippen molar-refractivity contribution in [1.82, 2.24) is 9.55 Å². The van der Waals surface area contributed by atoms with Crippen LogP contribution in [0.5, 0.6) is 0 Å². The lowest BCUT2D eigenvalue weighted by atomic mass is 10.1. The molecule has 3 N–H and O–H groups in total. The van der Waals surface area contributed by atoms with Crippen molar-refractivity contribution < 1.29 is 37.2 Å². The summed E-state index contributed by atoms with van der Waals surface area (Å²) in [5, 5.41) is 0. The Hall–Kier alpha value is -1.36. The van der Waals surface area contributed by atoms with Gasteiger partial charge >= 0.3 is 21.1 Å². The van der Waals surface area contributed by atoms with E-state index in [4.69, 9.17) is 9.26 Å². The largest absolute Gasteiger partial charge is 0.472 e. The molecule has 1 aromatic rings. The van der Waals surface area contributed by atoms with E-state index < -0.39 is 50.8 Å². The molecule has 28 heavy (non-hydrogen) atoms. The van der Waals surface area contributed by atoms with Gasteiger partial charge in [0.15, 0.2) is 0 Å². The van der Waals surface area contributed by atoms with Gasteiger partial charge in [0.1, 0.15) is 12.2 Å². The first-order valence-corrected chi connectivity index (χ1v) is 11.2. The highest BCUT2D eigenvalue weighted by atomic mass is 31.2. The number of hydrogen-bond donors (Lipinski definition) is 3. The number of aromatic nitrogens is 2. The second-order valence-corrected chi connectivity index (χ2v) is 9.30. The molecule has 1 aliphatic carbocycles.